The summed E-state index contributed by atoms with van der Waals surface area (Å²) >= 11 is 1.76. The van der Waals surface area contributed by atoms with E-state index in [0.29, 0.717) is 0 Å². The van der Waals surface area contributed by atoms with E-state index in [1.165, 1.54) is 35.9 Å². The number of hydrogen-bond donors (Lipinski definition) is 0. The van der Waals surface area contributed by atoms with Crippen molar-refractivity contribution in [3.8, 4) is 11.8 Å². The van der Waals surface area contributed by atoms with E-state index in [2.05, 4.69) is 21.8 Å². The van der Waals surface area contributed by atoms with Crippen molar-refractivity contribution in [3.05, 3.63) is 162 Å². The Morgan fingerprint density at radius 1 is 0.764 bits per heavy atom. The van der Waals surface area contributed by atoms with Gasteiger partial charge in [-0.2, -0.15) is 0 Å². The molecule has 0 fully saturated rings. The molecule has 2 aromatic heterocycles. The van der Waals surface area contributed by atoms with Crippen molar-refractivity contribution >= 4 is 63.2 Å². The predicted molar refractivity (Wildman–Crippen MR) is 210 cm³/mol. The third-order valence-corrected chi connectivity index (χ3v) is 9.28. The zero-order valence-electron chi connectivity index (χ0n) is 29.3. The zero-order chi connectivity index (χ0) is 38.8. The number of aromatic nitrogens is 3. The highest BCUT2D eigenvalue weighted by molar-refractivity contribution is 14.1. The van der Waals surface area contributed by atoms with Gasteiger partial charge in [-0.15, -0.1) is 5.92 Å². The number of fused-ring (bicyclic) bond motifs is 1. The molecule has 2 heterocycles. The van der Waals surface area contributed by atoms with E-state index in [9.17, 15) is 19.2 Å². The summed E-state index contributed by atoms with van der Waals surface area (Å²) in [6, 6.07) is 34.3. The highest BCUT2D eigenvalue weighted by Crippen LogP contribution is 2.34. The molecule has 0 saturated carbocycles. The maximum absolute atomic E-state index is 17.2. The first kappa shape index (κ1) is 38.5. The Kier molecular flexibility index (Phi) is 12.4. The molecular formula is C42H32FIN4O7. The van der Waals surface area contributed by atoms with Gasteiger partial charge in [0.05, 0.1) is 20.9 Å². The van der Waals surface area contributed by atoms with E-state index in [4.69, 9.17) is 14.2 Å². The molecule has 0 spiro atoms. The average Bonchev–Trinajstić information content (AvgIpc) is 3.68. The molecule has 3 atom stereocenters. The van der Waals surface area contributed by atoms with Crippen LogP contribution in [0.1, 0.15) is 54.6 Å². The van der Waals surface area contributed by atoms with Crippen LogP contribution < -0.4 is 4.90 Å². The van der Waals surface area contributed by atoms with E-state index in [1.807, 2.05) is 0 Å². The minimum absolute atomic E-state index is 0.0570. The number of carbonyl (C=O) groups is 4. The molecule has 55 heavy (non-hydrogen) atoms. The second-order valence-electron chi connectivity index (χ2n) is 11.8. The summed E-state index contributed by atoms with van der Waals surface area (Å²) in [6.45, 7) is 0.918. The molecule has 2 amide bonds. The first-order valence-corrected chi connectivity index (χ1v) is 18.4. The van der Waals surface area contributed by atoms with Gasteiger partial charge in [0.2, 0.25) is 6.10 Å². The molecule has 0 aliphatic carbocycles. The van der Waals surface area contributed by atoms with Crippen molar-refractivity contribution in [1.82, 2.24) is 14.5 Å². The number of halogens is 2. The summed E-state index contributed by atoms with van der Waals surface area (Å²) in [4.78, 5) is 64.1. The van der Waals surface area contributed by atoms with Gasteiger partial charge in [0.15, 0.2) is 12.0 Å². The Hall–Kier alpha value is -6.24. The lowest BCUT2D eigenvalue weighted by Crippen LogP contribution is -2.46. The lowest BCUT2D eigenvalue weighted by atomic mass is 10.1. The number of carbonyl (C=O) groups excluding carboxylic acids is 4. The summed E-state index contributed by atoms with van der Waals surface area (Å²) in [5, 5.41) is 0.221. The number of benzene rings is 4. The number of anilines is 1. The fraction of sp³-hybridized carbons (Fsp3) is 0.143. The second-order valence-corrected chi connectivity index (χ2v) is 12.6. The number of alkyl halides is 2. The number of esters is 2. The maximum atomic E-state index is 17.2. The highest BCUT2D eigenvalue weighted by atomic mass is 127. The van der Waals surface area contributed by atoms with Gasteiger partial charge in [0.1, 0.15) is 18.6 Å². The zero-order valence-corrected chi connectivity index (χ0v) is 31.4. The van der Waals surface area contributed by atoms with Crippen LogP contribution in [0.5, 0.6) is 0 Å². The summed E-state index contributed by atoms with van der Waals surface area (Å²) in [5.74, 6) is -0.444. The Balaban J connectivity index is 1.42. The van der Waals surface area contributed by atoms with Crippen molar-refractivity contribution in [3.63, 3.8) is 0 Å². The molecule has 0 aliphatic rings. The van der Waals surface area contributed by atoms with Crippen molar-refractivity contribution in [2.45, 2.75) is 25.1 Å². The highest BCUT2D eigenvalue weighted by Gasteiger charge is 2.45. The first-order valence-electron chi connectivity index (χ1n) is 16.9. The average molecular weight is 851 g/mol. The maximum Gasteiger partial charge on any atom is 0.339 e. The number of ether oxygens (including phenoxy) is 3. The van der Waals surface area contributed by atoms with Crippen molar-refractivity contribution in [2.24, 2.45) is 0 Å². The standard InChI is InChI=1S/C42H32FIN4O7/c1-2-15-34(54-41(52)32-22-13-6-14-23-32)42(43,27-44)55-35(26-53-40(51)31-20-11-5-12-21-31)47-25-24-33-36(47)45-28-46-37(33)48(38(49)29-16-7-3-8-17-29)39(50)30-18-9-4-10-19-30/h3-14,16-25,28,34-35H,26-27H2,1H3/t34-,35+,42+/m0/s1. The van der Waals surface area contributed by atoms with Crippen LogP contribution in [0.2, 0.25) is 0 Å². The fourth-order valence-electron chi connectivity index (χ4n) is 5.54. The minimum atomic E-state index is -2.76. The van der Waals surface area contributed by atoms with E-state index >= 15 is 4.39 Å². The van der Waals surface area contributed by atoms with Gasteiger partial charge >= 0.3 is 11.9 Å². The second kappa shape index (κ2) is 17.7. The normalized spacial score (nSPS) is 13.0. The van der Waals surface area contributed by atoms with E-state index in [0.717, 1.165) is 11.2 Å². The molecule has 13 heteroatoms. The number of imide groups is 1. The van der Waals surface area contributed by atoms with E-state index < -0.39 is 48.5 Å². The molecule has 0 saturated heterocycles. The quantitative estimate of drug-likeness (QED) is 0.0379. The largest absolute Gasteiger partial charge is 0.457 e. The molecule has 0 unspecified atom stereocenters. The van der Waals surface area contributed by atoms with E-state index in [1.54, 1.807) is 132 Å². The lowest BCUT2D eigenvalue weighted by Gasteiger charge is -2.33. The van der Waals surface area contributed by atoms with Gasteiger partial charge in [-0.25, -0.2) is 28.8 Å². The molecule has 0 radical (unpaired) electrons. The Bertz CT molecular complexity index is 2300. The molecule has 0 bridgehead atoms. The SMILES string of the molecule is CC#C[C@H](OC(=O)c1ccccc1)[C@@](F)(CI)O[C@H](COC(=O)c1ccccc1)n1ccc2c(N(C(=O)c3ccccc3)C(=O)c3ccccc3)ncnc21. The van der Waals surface area contributed by atoms with Gasteiger partial charge in [0.25, 0.3) is 17.7 Å². The molecule has 4 aromatic carbocycles. The topological polar surface area (TPSA) is 130 Å². The minimum Gasteiger partial charge on any atom is -0.457 e. The van der Waals surface area contributed by atoms with Gasteiger partial charge < -0.3 is 18.8 Å². The van der Waals surface area contributed by atoms with Crippen LogP contribution in [0.3, 0.4) is 0 Å². The molecule has 11 nitrogen and oxygen atoms in total. The van der Waals surface area contributed by atoms with Crippen LogP contribution in [0.25, 0.3) is 11.0 Å². The van der Waals surface area contributed by atoms with Crippen molar-refractivity contribution in [2.75, 3.05) is 15.9 Å². The summed E-state index contributed by atoms with van der Waals surface area (Å²) in [5.41, 5.74) is 0.973. The van der Waals surface area contributed by atoms with Crippen LogP contribution in [0, 0.1) is 11.8 Å². The molecule has 276 valence electrons. The molecule has 0 aliphatic heterocycles. The van der Waals surface area contributed by atoms with Crippen molar-refractivity contribution < 1.29 is 37.8 Å². The Morgan fingerprint density at radius 2 is 1.27 bits per heavy atom. The van der Waals surface area contributed by atoms with Crippen molar-refractivity contribution in [1.29, 1.82) is 0 Å². The van der Waals surface area contributed by atoms with Crippen LogP contribution in [0.15, 0.2) is 140 Å². The van der Waals surface area contributed by atoms with Crippen LogP contribution in [0.4, 0.5) is 10.2 Å². The van der Waals surface area contributed by atoms with Gasteiger partial charge in [0, 0.05) is 17.3 Å². The molecule has 6 aromatic rings. The summed E-state index contributed by atoms with van der Waals surface area (Å²) in [7, 11) is 0. The summed E-state index contributed by atoms with van der Waals surface area (Å²) in [6.07, 6.45) is -0.540. The third-order valence-electron chi connectivity index (χ3n) is 8.24. The van der Waals surface area contributed by atoms with Gasteiger partial charge in [-0.05, 0) is 61.5 Å². The fourth-order valence-corrected chi connectivity index (χ4v) is 6.12. The Morgan fingerprint density at radius 3 is 1.78 bits per heavy atom. The van der Waals surface area contributed by atoms with Gasteiger partial charge in [-0.1, -0.05) is 101 Å². The number of nitrogens with zero attached hydrogens (tertiary/aromatic N) is 4. The molecular weight excluding hydrogens is 818 g/mol. The number of rotatable bonds is 13. The third kappa shape index (κ3) is 8.77. The molecule has 6 rings (SSSR count). The smallest absolute Gasteiger partial charge is 0.339 e. The van der Waals surface area contributed by atoms with Crippen LogP contribution >= 0.6 is 22.6 Å². The first-order chi connectivity index (χ1) is 26.7. The van der Waals surface area contributed by atoms with Crippen LogP contribution in [-0.2, 0) is 14.2 Å². The number of hydrogen-bond acceptors (Lipinski definition) is 9. The summed E-state index contributed by atoms with van der Waals surface area (Å²) < 4.78 is 35.6. The van der Waals surface area contributed by atoms with Gasteiger partial charge in [-0.3, -0.25) is 9.59 Å². The number of amides is 2. The predicted octanol–water partition coefficient (Wildman–Crippen LogP) is 7.64. The lowest BCUT2D eigenvalue weighted by molar-refractivity contribution is -0.228. The Labute approximate surface area is 329 Å². The molecule has 0 N–H and O–H groups in total. The monoisotopic (exact) mass is 850 g/mol. The van der Waals surface area contributed by atoms with Crippen LogP contribution in [-0.4, -0.2) is 61.3 Å². The van der Waals surface area contributed by atoms with E-state index in [-0.39, 0.29) is 43.5 Å².